The van der Waals surface area contributed by atoms with E-state index in [1.54, 1.807) is 12.3 Å². The van der Waals surface area contributed by atoms with Gasteiger partial charge < -0.3 is 19.3 Å². The van der Waals surface area contributed by atoms with Gasteiger partial charge in [-0.25, -0.2) is 4.98 Å². The van der Waals surface area contributed by atoms with Crippen LogP contribution in [0.15, 0.2) is 18.3 Å². The highest BCUT2D eigenvalue weighted by atomic mass is 16.5. The fourth-order valence-electron chi connectivity index (χ4n) is 2.73. The van der Waals surface area contributed by atoms with Gasteiger partial charge in [0.2, 0.25) is 5.88 Å². The Morgan fingerprint density at radius 1 is 1.23 bits per heavy atom. The molecule has 0 bridgehead atoms. The van der Waals surface area contributed by atoms with Crippen LogP contribution in [0.2, 0.25) is 0 Å². The molecule has 0 aliphatic carbocycles. The van der Waals surface area contributed by atoms with Gasteiger partial charge in [0.05, 0.1) is 18.8 Å². The number of piperazine rings is 1. The van der Waals surface area contributed by atoms with E-state index in [1.165, 1.54) is 0 Å². The third kappa shape index (κ3) is 3.75. The van der Waals surface area contributed by atoms with Crippen LogP contribution >= 0.6 is 0 Å². The zero-order valence-electron chi connectivity index (χ0n) is 13.0. The molecule has 0 aromatic carbocycles. The standard InChI is InChI=1S/C16H23N3O3/c1-18-6-8-19(9-7-18)16(20)13-2-3-15(17-12-13)22-14-4-10-21-11-5-14/h2-3,12,14H,4-11H2,1H3. The molecule has 0 saturated carbocycles. The van der Waals surface area contributed by atoms with Gasteiger partial charge in [-0.15, -0.1) is 0 Å². The molecule has 0 atom stereocenters. The van der Waals surface area contributed by atoms with Crippen molar-refractivity contribution in [3.8, 4) is 5.88 Å². The molecular weight excluding hydrogens is 282 g/mol. The second-order valence-electron chi connectivity index (χ2n) is 5.91. The van der Waals surface area contributed by atoms with Crippen LogP contribution < -0.4 is 4.74 Å². The molecule has 1 amide bonds. The lowest BCUT2D eigenvalue weighted by atomic mass is 10.1. The highest BCUT2D eigenvalue weighted by Gasteiger charge is 2.21. The van der Waals surface area contributed by atoms with Gasteiger partial charge in [0.15, 0.2) is 0 Å². The summed E-state index contributed by atoms with van der Waals surface area (Å²) in [6.07, 6.45) is 3.57. The molecule has 120 valence electrons. The van der Waals surface area contributed by atoms with Gasteiger partial charge in [-0.2, -0.15) is 0 Å². The van der Waals surface area contributed by atoms with Crippen LogP contribution in [-0.2, 0) is 4.74 Å². The zero-order valence-corrected chi connectivity index (χ0v) is 13.0. The summed E-state index contributed by atoms with van der Waals surface area (Å²) in [6, 6.07) is 3.60. The Hall–Kier alpha value is -1.66. The Morgan fingerprint density at radius 3 is 2.59 bits per heavy atom. The van der Waals surface area contributed by atoms with Crippen LogP contribution in [0, 0.1) is 0 Å². The lowest BCUT2D eigenvalue weighted by molar-refractivity contribution is 0.0237. The molecule has 2 aliphatic heterocycles. The summed E-state index contributed by atoms with van der Waals surface area (Å²) < 4.78 is 11.1. The van der Waals surface area contributed by atoms with E-state index in [2.05, 4.69) is 16.9 Å². The number of ether oxygens (including phenoxy) is 2. The first-order valence-electron chi connectivity index (χ1n) is 7.90. The quantitative estimate of drug-likeness (QED) is 0.835. The molecule has 0 unspecified atom stereocenters. The van der Waals surface area contributed by atoms with E-state index in [0.29, 0.717) is 11.4 Å². The monoisotopic (exact) mass is 305 g/mol. The van der Waals surface area contributed by atoms with Crippen molar-refractivity contribution < 1.29 is 14.3 Å². The van der Waals surface area contributed by atoms with Crippen molar-refractivity contribution >= 4 is 5.91 Å². The highest BCUT2D eigenvalue weighted by Crippen LogP contribution is 2.17. The average molecular weight is 305 g/mol. The molecule has 0 N–H and O–H groups in total. The molecule has 22 heavy (non-hydrogen) atoms. The van der Waals surface area contributed by atoms with Crippen LogP contribution in [0.5, 0.6) is 5.88 Å². The Labute approximate surface area is 131 Å². The molecule has 1 aromatic heterocycles. The Morgan fingerprint density at radius 2 is 1.95 bits per heavy atom. The van der Waals surface area contributed by atoms with Crippen LogP contribution in [0.1, 0.15) is 23.2 Å². The lowest BCUT2D eigenvalue weighted by Gasteiger charge is -2.32. The minimum absolute atomic E-state index is 0.0539. The average Bonchev–Trinajstić information content (AvgIpc) is 2.57. The fourth-order valence-corrected chi connectivity index (χ4v) is 2.73. The van der Waals surface area contributed by atoms with Crippen molar-refractivity contribution in [3.63, 3.8) is 0 Å². The van der Waals surface area contributed by atoms with Gasteiger partial charge in [0.25, 0.3) is 5.91 Å². The Kier molecular flexibility index (Phi) is 4.90. The lowest BCUT2D eigenvalue weighted by Crippen LogP contribution is -2.47. The van der Waals surface area contributed by atoms with Crippen molar-refractivity contribution in [1.82, 2.24) is 14.8 Å². The number of aromatic nitrogens is 1. The summed E-state index contributed by atoms with van der Waals surface area (Å²) in [5.41, 5.74) is 0.629. The summed E-state index contributed by atoms with van der Waals surface area (Å²) in [4.78, 5) is 20.8. The first-order valence-corrected chi connectivity index (χ1v) is 7.90. The number of rotatable bonds is 3. The van der Waals surface area contributed by atoms with E-state index in [4.69, 9.17) is 9.47 Å². The molecule has 0 radical (unpaired) electrons. The number of carbonyl (C=O) groups excluding carboxylic acids is 1. The molecule has 1 aromatic rings. The largest absolute Gasteiger partial charge is 0.474 e. The maximum atomic E-state index is 12.4. The Bertz CT molecular complexity index is 492. The van der Waals surface area contributed by atoms with E-state index in [0.717, 1.165) is 52.2 Å². The Balaban J connectivity index is 1.57. The molecule has 6 heteroatoms. The molecule has 3 heterocycles. The number of likely N-dealkylation sites (N-methyl/N-ethyl adjacent to an activating group) is 1. The smallest absolute Gasteiger partial charge is 0.255 e. The molecular formula is C16H23N3O3. The third-order valence-electron chi connectivity index (χ3n) is 4.23. The second-order valence-corrected chi connectivity index (χ2v) is 5.91. The molecule has 0 spiro atoms. The summed E-state index contributed by atoms with van der Waals surface area (Å²) in [5.74, 6) is 0.639. The minimum Gasteiger partial charge on any atom is -0.474 e. The van der Waals surface area contributed by atoms with Crippen LogP contribution in [-0.4, -0.2) is 73.2 Å². The van der Waals surface area contributed by atoms with E-state index >= 15 is 0 Å². The summed E-state index contributed by atoms with van der Waals surface area (Å²) in [6.45, 7) is 4.87. The van der Waals surface area contributed by atoms with E-state index < -0.39 is 0 Å². The summed E-state index contributed by atoms with van der Waals surface area (Å²) in [5, 5.41) is 0. The fraction of sp³-hybridized carbons (Fsp3) is 0.625. The van der Waals surface area contributed by atoms with Crippen LogP contribution in [0.3, 0.4) is 0 Å². The van der Waals surface area contributed by atoms with Crippen molar-refractivity contribution in [3.05, 3.63) is 23.9 Å². The van der Waals surface area contributed by atoms with Crippen molar-refractivity contribution in [2.75, 3.05) is 46.4 Å². The number of amides is 1. The van der Waals surface area contributed by atoms with E-state index in [-0.39, 0.29) is 12.0 Å². The van der Waals surface area contributed by atoms with Gasteiger partial charge in [-0.3, -0.25) is 4.79 Å². The number of pyridine rings is 1. The van der Waals surface area contributed by atoms with Gasteiger partial charge >= 0.3 is 0 Å². The predicted molar refractivity (Wildman–Crippen MR) is 82.1 cm³/mol. The summed E-state index contributed by atoms with van der Waals surface area (Å²) in [7, 11) is 2.08. The first kappa shape index (κ1) is 15.2. The molecule has 3 rings (SSSR count). The number of hydrogen-bond acceptors (Lipinski definition) is 5. The SMILES string of the molecule is CN1CCN(C(=O)c2ccc(OC3CCOCC3)nc2)CC1. The van der Waals surface area contributed by atoms with Gasteiger partial charge in [-0.1, -0.05) is 0 Å². The third-order valence-corrected chi connectivity index (χ3v) is 4.23. The van der Waals surface area contributed by atoms with Gasteiger partial charge in [-0.05, 0) is 13.1 Å². The maximum Gasteiger partial charge on any atom is 0.255 e. The second kappa shape index (κ2) is 7.07. The molecule has 6 nitrogen and oxygen atoms in total. The van der Waals surface area contributed by atoms with E-state index in [9.17, 15) is 4.79 Å². The van der Waals surface area contributed by atoms with Crippen molar-refractivity contribution in [2.45, 2.75) is 18.9 Å². The molecule has 2 aliphatic rings. The van der Waals surface area contributed by atoms with E-state index in [1.807, 2.05) is 11.0 Å². The maximum absolute atomic E-state index is 12.4. The van der Waals surface area contributed by atoms with Gasteiger partial charge in [0, 0.05) is 51.3 Å². The number of carbonyl (C=O) groups is 1. The topological polar surface area (TPSA) is 54.9 Å². The number of nitrogens with zero attached hydrogens (tertiary/aromatic N) is 3. The molecule has 2 fully saturated rings. The molecule has 2 saturated heterocycles. The minimum atomic E-state index is 0.0539. The highest BCUT2D eigenvalue weighted by molar-refractivity contribution is 5.94. The number of hydrogen-bond donors (Lipinski definition) is 0. The normalized spacial score (nSPS) is 20.9. The summed E-state index contributed by atoms with van der Waals surface area (Å²) >= 11 is 0. The van der Waals surface area contributed by atoms with Crippen molar-refractivity contribution in [1.29, 1.82) is 0 Å². The predicted octanol–water partition coefficient (Wildman–Crippen LogP) is 1.03. The van der Waals surface area contributed by atoms with Gasteiger partial charge in [0.1, 0.15) is 6.10 Å². The zero-order chi connectivity index (χ0) is 15.4. The van der Waals surface area contributed by atoms with Crippen molar-refractivity contribution in [2.24, 2.45) is 0 Å². The van der Waals surface area contributed by atoms with Crippen LogP contribution in [0.25, 0.3) is 0 Å². The first-order chi connectivity index (χ1) is 10.7. The van der Waals surface area contributed by atoms with Crippen LogP contribution in [0.4, 0.5) is 0 Å².